The molecule has 11 nitrogen and oxygen atoms in total. The molecule has 0 aliphatic carbocycles. The molecule has 0 bridgehead atoms. The van der Waals surface area contributed by atoms with Crippen LogP contribution in [0.1, 0.15) is 39.4 Å². The van der Waals surface area contributed by atoms with E-state index >= 15 is 0 Å². The molecule has 0 saturated heterocycles. The Morgan fingerprint density at radius 2 is 2.00 bits per heavy atom. The Bertz CT molecular complexity index is 656. The molecule has 144 valence electrons. The van der Waals surface area contributed by atoms with E-state index < -0.39 is 29.7 Å². The van der Waals surface area contributed by atoms with Crippen LogP contribution in [0, 0.1) is 0 Å². The summed E-state index contributed by atoms with van der Waals surface area (Å²) < 4.78 is 9.86. The number of aromatic nitrogens is 1. The molecule has 26 heavy (non-hydrogen) atoms. The van der Waals surface area contributed by atoms with Gasteiger partial charge in [-0.1, -0.05) is 0 Å². The largest absolute Gasteiger partial charge is 0.464 e. The summed E-state index contributed by atoms with van der Waals surface area (Å²) >= 11 is 1.07. The molecule has 0 radical (unpaired) electrons. The molecule has 4 amide bonds. The maximum atomic E-state index is 12.1. The predicted octanol–water partition coefficient (Wildman–Crippen LogP) is 1.05. The molecule has 4 N–H and O–H groups in total. The minimum Gasteiger partial charge on any atom is -0.464 e. The number of ether oxygens (including phenoxy) is 2. The highest BCUT2D eigenvalue weighted by Crippen LogP contribution is 2.21. The average molecular weight is 387 g/mol. The van der Waals surface area contributed by atoms with Crippen LogP contribution in [0.4, 0.5) is 14.7 Å². The van der Waals surface area contributed by atoms with Gasteiger partial charge in [-0.3, -0.25) is 4.79 Å². The smallest absolute Gasteiger partial charge is 0.426 e. The third-order valence-electron chi connectivity index (χ3n) is 2.47. The van der Waals surface area contributed by atoms with Gasteiger partial charge in [0.2, 0.25) is 6.41 Å². The second kappa shape index (κ2) is 9.56. The minimum atomic E-state index is -1.23. The molecule has 1 heterocycles. The third kappa shape index (κ3) is 7.34. The molecule has 0 saturated carbocycles. The van der Waals surface area contributed by atoms with Gasteiger partial charge in [0.1, 0.15) is 5.60 Å². The Balaban J connectivity index is 2.72. The van der Waals surface area contributed by atoms with Crippen molar-refractivity contribution in [2.24, 2.45) is 0 Å². The summed E-state index contributed by atoms with van der Waals surface area (Å²) in [5.41, 5.74) is 3.53. The Hall–Kier alpha value is -2.89. The molecule has 12 heteroatoms. The molecule has 0 aliphatic heterocycles. The highest BCUT2D eigenvalue weighted by Gasteiger charge is 2.27. The molecule has 1 atom stereocenters. The van der Waals surface area contributed by atoms with Crippen LogP contribution < -0.4 is 21.5 Å². The number of thiazole rings is 1. The Morgan fingerprint density at radius 3 is 2.58 bits per heavy atom. The fourth-order valence-electron chi connectivity index (χ4n) is 1.59. The van der Waals surface area contributed by atoms with Crippen molar-refractivity contribution in [3.05, 3.63) is 11.1 Å². The summed E-state index contributed by atoms with van der Waals surface area (Å²) in [5, 5.41) is 6.40. The first kappa shape index (κ1) is 21.2. The maximum Gasteiger partial charge on any atom is 0.426 e. The van der Waals surface area contributed by atoms with E-state index in [1.807, 2.05) is 5.43 Å². The number of rotatable bonds is 6. The number of hydrazine groups is 1. The summed E-state index contributed by atoms with van der Waals surface area (Å²) in [4.78, 5) is 50.0. The summed E-state index contributed by atoms with van der Waals surface area (Å²) in [6.07, 6.45) is -0.432. The molecule has 0 aliphatic rings. The highest BCUT2D eigenvalue weighted by molar-refractivity contribution is 7.13. The normalized spacial score (nSPS) is 11.7. The van der Waals surface area contributed by atoms with E-state index in [1.165, 1.54) is 5.38 Å². The standard InChI is InChI=1S/C14H21N5O6S/c1-5-24-10(21)9(8-6-26-12(16-8)15-7-20)17-11(22)18-19-13(23)25-14(2,3)4/h6-7,9H,5H2,1-4H3,(H,19,23)(H,15,16,20)(H2,17,18,22). The van der Waals surface area contributed by atoms with Crippen molar-refractivity contribution in [3.8, 4) is 0 Å². The maximum absolute atomic E-state index is 12.1. The number of hydrogen-bond donors (Lipinski definition) is 4. The zero-order valence-corrected chi connectivity index (χ0v) is 15.6. The van der Waals surface area contributed by atoms with Gasteiger partial charge in [-0.2, -0.15) is 0 Å². The molecular formula is C14H21N5O6S. The molecular weight excluding hydrogens is 366 g/mol. The van der Waals surface area contributed by atoms with Crippen molar-refractivity contribution in [1.82, 2.24) is 21.2 Å². The van der Waals surface area contributed by atoms with E-state index in [-0.39, 0.29) is 17.4 Å². The van der Waals surface area contributed by atoms with Gasteiger partial charge in [-0.25, -0.2) is 30.2 Å². The van der Waals surface area contributed by atoms with Crippen molar-refractivity contribution in [1.29, 1.82) is 0 Å². The first-order valence-electron chi connectivity index (χ1n) is 7.54. The first-order valence-corrected chi connectivity index (χ1v) is 8.42. The van der Waals surface area contributed by atoms with Gasteiger partial charge in [0.15, 0.2) is 11.2 Å². The van der Waals surface area contributed by atoms with Gasteiger partial charge in [-0.15, -0.1) is 11.3 Å². The number of carbonyl (C=O) groups is 4. The number of amides is 4. The van der Waals surface area contributed by atoms with Crippen molar-refractivity contribution < 1.29 is 28.7 Å². The topological polar surface area (TPSA) is 148 Å². The summed E-state index contributed by atoms with van der Waals surface area (Å²) in [7, 11) is 0. The van der Waals surface area contributed by atoms with Crippen molar-refractivity contribution >= 4 is 41.0 Å². The van der Waals surface area contributed by atoms with Crippen LogP contribution in [-0.2, 0) is 19.1 Å². The zero-order valence-electron chi connectivity index (χ0n) is 14.7. The number of esters is 1. The number of urea groups is 1. The fraction of sp³-hybridized carbons (Fsp3) is 0.500. The van der Waals surface area contributed by atoms with Gasteiger partial charge in [-0.05, 0) is 27.7 Å². The molecule has 1 rings (SSSR count). The Morgan fingerprint density at radius 1 is 1.31 bits per heavy atom. The molecule has 1 unspecified atom stereocenters. The second-order valence-electron chi connectivity index (χ2n) is 5.75. The van der Waals surface area contributed by atoms with E-state index in [9.17, 15) is 19.2 Å². The van der Waals surface area contributed by atoms with Crippen LogP contribution in [0.25, 0.3) is 0 Å². The first-order chi connectivity index (χ1) is 12.2. The number of nitrogens with zero attached hydrogens (tertiary/aromatic N) is 1. The van der Waals surface area contributed by atoms with Gasteiger partial charge in [0.05, 0.1) is 12.3 Å². The summed E-state index contributed by atoms with van der Waals surface area (Å²) in [6.45, 7) is 6.70. The van der Waals surface area contributed by atoms with Crippen LogP contribution in [-0.4, -0.2) is 41.7 Å². The van der Waals surface area contributed by atoms with E-state index in [1.54, 1.807) is 27.7 Å². The van der Waals surface area contributed by atoms with Crippen molar-refractivity contribution in [2.45, 2.75) is 39.3 Å². The van der Waals surface area contributed by atoms with Gasteiger partial charge in [0, 0.05) is 5.38 Å². The molecule has 0 aromatic carbocycles. The third-order valence-corrected chi connectivity index (χ3v) is 3.27. The van der Waals surface area contributed by atoms with Gasteiger partial charge >= 0.3 is 18.1 Å². The van der Waals surface area contributed by atoms with Crippen LogP contribution >= 0.6 is 11.3 Å². The predicted molar refractivity (Wildman–Crippen MR) is 92.2 cm³/mol. The van der Waals surface area contributed by atoms with Gasteiger partial charge in [0.25, 0.3) is 0 Å². The Kier molecular flexibility index (Phi) is 7.77. The van der Waals surface area contributed by atoms with Crippen LogP contribution in [0.3, 0.4) is 0 Å². The Labute approximate surface area is 153 Å². The summed E-state index contributed by atoms with van der Waals surface area (Å²) in [5.74, 6) is -0.747. The fourth-order valence-corrected chi connectivity index (χ4v) is 2.29. The molecule has 1 aromatic heterocycles. The lowest BCUT2D eigenvalue weighted by molar-refractivity contribution is -0.145. The van der Waals surface area contributed by atoms with E-state index in [4.69, 9.17) is 9.47 Å². The number of anilines is 1. The molecule has 0 fully saturated rings. The van der Waals surface area contributed by atoms with E-state index in [0.717, 1.165) is 11.3 Å². The number of hydrogen-bond acceptors (Lipinski definition) is 8. The summed E-state index contributed by atoms with van der Waals surface area (Å²) in [6, 6.07) is -2.11. The molecule has 0 spiro atoms. The van der Waals surface area contributed by atoms with Crippen LogP contribution in [0.5, 0.6) is 0 Å². The monoisotopic (exact) mass is 387 g/mol. The quantitative estimate of drug-likeness (QED) is 0.324. The number of carbonyl (C=O) groups excluding carboxylic acids is 4. The van der Waals surface area contributed by atoms with Crippen LogP contribution in [0.15, 0.2) is 5.38 Å². The van der Waals surface area contributed by atoms with Gasteiger partial charge < -0.3 is 20.1 Å². The van der Waals surface area contributed by atoms with E-state index in [0.29, 0.717) is 6.41 Å². The van der Waals surface area contributed by atoms with Crippen molar-refractivity contribution in [3.63, 3.8) is 0 Å². The molecule has 1 aromatic rings. The minimum absolute atomic E-state index is 0.0956. The number of nitrogens with one attached hydrogen (secondary N) is 4. The average Bonchev–Trinajstić information content (AvgIpc) is 2.98. The lowest BCUT2D eigenvalue weighted by Crippen LogP contribution is -2.50. The highest BCUT2D eigenvalue weighted by atomic mass is 32.1. The van der Waals surface area contributed by atoms with E-state index in [2.05, 4.69) is 21.0 Å². The zero-order chi connectivity index (χ0) is 19.7. The lowest BCUT2D eigenvalue weighted by Gasteiger charge is -2.20. The van der Waals surface area contributed by atoms with Crippen LogP contribution in [0.2, 0.25) is 0 Å². The lowest BCUT2D eigenvalue weighted by atomic mass is 10.2. The second-order valence-corrected chi connectivity index (χ2v) is 6.61. The van der Waals surface area contributed by atoms with Crippen molar-refractivity contribution in [2.75, 3.05) is 11.9 Å². The SMILES string of the molecule is CCOC(=O)C(NC(=O)NNC(=O)OC(C)(C)C)c1csc(NC=O)n1.